The van der Waals surface area contributed by atoms with E-state index in [1.54, 1.807) is 12.1 Å². The molecule has 2 saturated carbocycles. The molecule has 0 aromatic carbocycles. The highest BCUT2D eigenvalue weighted by molar-refractivity contribution is 7.89. The fourth-order valence-electron chi connectivity index (χ4n) is 2.79. The van der Waals surface area contributed by atoms with Crippen LogP contribution in [-0.2, 0) is 16.6 Å². The molecule has 0 bridgehead atoms. The maximum absolute atomic E-state index is 12.3. The molecule has 0 amide bonds. The Bertz CT molecular complexity index is 569. The van der Waals surface area contributed by atoms with Crippen LogP contribution in [0.3, 0.4) is 0 Å². The van der Waals surface area contributed by atoms with E-state index >= 15 is 0 Å². The standard InChI is InChI=1S/C15H24N2O3S/c1-11-2-4-13(5-3-11)17-21(18,19)15-9-8-14(20-15)10-16-12-6-7-12/h8-9,11-13,16-17H,2-7,10H2,1H3. The Morgan fingerprint density at radius 3 is 2.43 bits per heavy atom. The van der Waals surface area contributed by atoms with Crippen molar-refractivity contribution in [3.05, 3.63) is 17.9 Å². The molecule has 2 N–H and O–H groups in total. The van der Waals surface area contributed by atoms with Crippen LogP contribution in [0.15, 0.2) is 21.6 Å². The van der Waals surface area contributed by atoms with Gasteiger partial charge in [-0.2, -0.15) is 0 Å². The van der Waals surface area contributed by atoms with Crippen molar-refractivity contribution in [3.8, 4) is 0 Å². The lowest BCUT2D eigenvalue weighted by molar-refractivity contribution is 0.328. The fraction of sp³-hybridized carbons (Fsp3) is 0.733. The van der Waals surface area contributed by atoms with Crippen LogP contribution in [0.25, 0.3) is 0 Å². The van der Waals surface area contributed by atoms with Gasteiger partial charge in [-0.25, -0.2) is 13.1 Å². The van der Waals surface area contributed by atoms with Gasteiger partial charge in [0, 0.05) is 12.1 Å². The second-order valence-corrected chi connectivity index (χ2v) is 8.10. The Balaban J connectivity index is 1.58. The van der Waals surface area contributed by atoms with Gasteiger partial charge in [0.05, 0.1) is 6.54 Å². The molecule has 0 spiro atoms. The van der Waals surface area contributed by atoms with Gasteiger partial charge in [0.1, 0.15) is 5.76 Å². The van der Waals surface area contributed by atoms with Crippen molar-refractivity contribution in [2.24, 2.45) is 5.92 Å². The number of sulfonamides is 1. The van der Waals surface area contributed by atoms with Crippen molar-refractivity contribution in [3.63, 3.8) is 0 Å². The van der Waals surface area contributed by atoms with Crippen LogP contribution in [0.5, 0.6) is 0 Å². The molecule has 21 heavy (non-hydrogen) atoms. The summed E-state index contributed by atoms with van der Waals surface area (Å²) in [6.45, 7) is 2.82. The Morgan fingerprint density at radius 1 is 1.10 bits per heavy atom. The van der Waals surface area contributed by atoms with E-state index in [9.17, 15) is 8.42 Å². The van der Waals surface area contributed by atoms with Crippen molar-refractivity contribution in [1.82, 2.24) is 10.0 Å². The zero-order chi connectivity index (χ0) is 14.9. The van der Waals surface area contributed by atoms with Crippen LogP contribution in [0, 0.1) is 5.92 Å². The summed E-state index contributed by atoms with van der Waals surface area (Å²) >= 11 is 0. The maximum Gasteiger partial charge on any atom is 0.274 e. The summed E-state index contributed by atoms with van der Waals surface area (Å²) in [6.07, 6.45) is 6.40. The van der Waals surface area contributed by atoms with Crippen molar-refractivity contribution in [2.45, 2.75) is 69.2 Å². The summed E-state index contributed by atoms with van der Waals surface area (Å²) in [5.41, 5.74) is 0. The van der Waals surface area contributed by atoms with E-state index in [1.807, 2.05) is 0 Å². The summed E-state index contributed by atoms with van der Waals surface area (Å²) in [7, 11) is -3.52. The lowest BCUT2D eigenvalue weighted by Crippen LogP contribution is -2.37. The first-order chi connectivity index (χ1) is 10.0. The Morgan fingerprint density at radius 2 is 1.76 bits per heavy atom. The van der Waals surface area contributed by atoms with Crippen LogP contribution < -0.4 is 10.0 Å². The molecule has 118 valence electrons. The van der Waals surface area contributed by atoms with Crippen molar-refractivity contribution >= 4 is 10.0 Å². The Labute approximate surface area is 126 Å². The summed E-state index contributed by atoms with van der Waals surface area (Å²) in [4.78, 5) is 0. The fourth-order valence-corrected chi connectivity index (χ4v) is 4.04. The van der Waals surface area contributed by atoms with Gasteiger partial charge in [0.2, 0.25) is 5.09 Å². The molecule has 0 radical (unpaired) electrons. The topological polar surface area (TPSA) is 71.3 Å². The second-order valence-electron chi connectivity index (χ2n) is 6.45. The van der Waals surface area contributed by atoms with Crippen LogP contribution in [-0.4, -0.2) is 20.5 Å². The van der Waals surface area contributed by atoms with Crippen molar-refractivity contribution < 1.29 is 12.8 Å². The number of rotatable bonds is 6. The minimum absolute atomic E-state index is 0.0359. The zero-order valence-corrected chi connectivity index (χ0v) is 13.3. The largest absolute Gasteiger partial charge is 0.447 e. The number of nitrogens with one attached hydrogen (secondary N) is 2. The van der Waals surface area contributed by atoms with E-state index in [1.165, 1.54) is 12.8 Å². The van der Waals surface area contributed by atoms with Gasteiger partial charge in [-0.3, -0.25) is 0 Å². The smallest absolute Gasteiger partial charge is 0.274 e. The Hall–Kier alpha value is -0.850. The highest BCUT2D eigenvalue weighted by Crippen LogP contribution is 2.25. The highest BCUT2D eigenvalue weighted by Gasteiger charge is 2.26. The first kappa shape index (κ1) is 15.1. The molecule has 5 nitrogen and oxygen atoms in total. The zero-order valence-electron chi connectivity index (χ0n) is 12.5. The molecule has 0 aliphatic heterocycles. The van der Waals surface area contributed by atoms with E-state index in [4.69, 9.17) is 4.42 Å². The van der Waals surface area contributed by atoms with Gasteiger partial charge in [0.25, 0.3) is 10.0 Å². The third-order valence-electron chi connectivity index (χ3n) is 4.38. The predicted octanol–water partition coefficient (Wildman–Crippen LogP) is 2.39. The average Bonchev–Trinajstić information content (AvgIpc) is 3.15. The molecule has 0 unspecified atom stereocenters. The van der Waals surface area contributed by atoms with Gasteiger partial charge in [-0.05, 0) is 56.6 Å². The van der Waals surface area contributed by atoms with Crippen molar-refractivity contribution in [2.75, 3.05) is 0 Å². The van der Waals surface area contributed by atoms with Crippen LogP contribution >= 0.6 is 0 Å². The van der Waals surface area contributed by atoms with Gasteiger partial charge in [0.15, 0.2) is 0 Å². The molecular weight excluding hydrogens is 288 g/mol. The SMILES string of the molecule is CC1CCC(NS(=O)(=O)c2ccc(CNC3CC3)o2)CC1. The third kappa shape index (κ3) is 4.08. The summed E-state index contributed by atoms with van der Waals surface area (Å²) < 4.78 is 32.9. The molecule has 1 heterocycles. The molecule has 0 atom stereocenters. The number of hydrogen-bond acceptors (Lipinski definition) is 4. The molecule has 1 aromatic rings. The van der Waals surface area contributed by atoms with Gasteiger partial charge >= 0.3 is 0 Å². The quantitative estimate of drug-likeness (QED) is 0.846. The van der Waals surface area contributed by atoms with E-state index < -0.39 is 10.0 Å². The summed E-state index contributed by atoms with van der Waals surface area (Å²) in [6, 6.07) is 3.92. The molecule has 1 aromatic heterocycles. The van der Waals surface area contributed by atoms with E-state index in [0.717, 1.165) is 25.7 Å². The van der Waals surface area contributed by atoms with Crippen LogP contribution in [0.2, 0.25) is 0 Å². The minimum Gasteiger partial charge on any atom is -0.447 e. The molecule has 0 saturated heterocycles. The van der Waals surface area contributed by atoms with E-state index in [0.29, 0.717) is 24.3 Å². The van der Waals surface area contributed by atoms with Gasteiger partial charge in [-0.15, -0.1) is 0 Å². The first-order valence-corrected chi connectivity index (χ1v) is 9.35. The first-order valence-electron chi connectivity index (χ1n) is 7.87. The summed E-state index contributed by atoms with van der Waals surface area (Å²) in [5.74, 6) is 1.38. The van der Waals surface area contributed by atoms with Gasteiger partial charge < -0.3 is 9.73 Å². The minimum atomic E-state index is -3.52. The summed E-state index contributed by atoms with van der Waals surface area (Å²) in [5, 5.41) is 3.35. The van der Waals surface area contributed by atoms with E-state index in [-0.39, 0.29) is 11.1 Å². The van der Waals surface area contributed by atoms with E-state index in [2.05, 4.69) is 17.0 Å². The predicted molar refractivity (Wildman–Crippen MR) is 80.3 cm³/mol. The Kier molecular flexibility index (Phi) is 4.38. The molecule has 6 heteroatoms. The van der Waals surface area contributed by atoms with Crippen LogP contribution in [0.4, 0.5) is 0 Å². The molecular formula is C15H24N2O3S. The average molecular weight is 312 g/mol. The molecule has 2 aliphatic rings. The number of hydrogen-bond donors (Lipinski definition) is 2. The molecule has 2 aliphatic carbocycles. The maximum atomic E-state index is 12.3. The van der Waals surface area contributed by atoms with Crippen molar-refractivity contribution in [1.29, 1.82) is 0 Å². The second kappa shape index (κ2) is 6.10. The molecule has 2 fully saturated rings. The lowest BCUT2D eigenvalue weighted by Gasteiger charge is -2.26. The highest BCUT2D eigenvalue weighted by atomic mass is 32.2. The number of furan rings is 1. The lowest BCUT2D eigenvalue weighted by atomic mass is 9.88. The van der Waals surface area contributed by atoms with Gasteiger partial charge in [-0.1, -0.05) is 6.92 Å². The van der Waals surface area contributed by atoms with Crippen LogP contribution in [0.1, 0.15) is 51.2 Å². The third-order valence-corrected chi connectivity index (χ3v) is 5.77. The normalized spacial score (nSPS) is 26.9. The molecule has 3 rings (SSSR count). The monoisotopic (exact) mass is 312 g/mol.